The highest BCUT2D eigenvalue weighted by Gasteiger charge is 2.11. The molecule has 3 aromatic heterocycles. The summed E-state index contributed by atoms with van der Waals surface area (Å²) in [4.78, 5) is 23.4. The molecule has 0 aliphatic rings. The van der Waals surface area contributed by atoms with E-state index in [0.717, 1.165) is 0 Å². The van der Waals surface area contributed by atoms with E-state index in [9.17, 15) is 4.79 Å². The van der Waals surface area contributed by atoms with Gasteiger partial charge in [0.1, 0.15) is 5.82 Å². The number of imidazole rings is 1. The summed E-state index contributed by atoms with van der Waals surface area (Å²) in [5.74, 6) is 1.36. The number of amides is 1. The van der Waals surface area contributed by atoms with Crippen molar-refractivity contribution in [2.45, 2.75) is 0 Å². The summed E-state index contributed by atoms with van der Waals surface area (Å²) < 4.78 is 10.3. The van der Waals surface area contributed by atoms with Gasteiger partial charge in [-0.1, -0.05) is 17.3 Å². The molecule has 1 amide bonds. The van der Waals surface area contributed by atoms with Crippen molar-refractivity contribution in [1.82, 2.24) is 20.1 Å². The van der Waals surface area contributed by atoms with Gasteiger partial charge in [-0.15, -0.1) is 0 Å². The third-order valence-corrected chi connectivity index (χ3v) is 3.47. The molecule has 0 saturated heterocycles. The molecule has 8 nitrogen and oxygen atoms in total. The Morgan fingerprint density at radius 1 is 1.19 bits per heavy atom. The first-order chi connectivity index (χ1) is 12.8. The number of carbonyl (C=O) groups is 1. The number of nitrogens with one attached hydrogen (secondary N) is 2. The molecule has 4 rings (SSSR count). The minimum absolute atomic E-state index is 0.236. The molecular formula is C18H13N5O3. The van der Waals surface area contributed by atoms with Crippen molar-refractivity contribution in [3.8, 4) is 11.4 Å². The largest absolute Gasteiger partial charge is 0.459 e. The number of hydrogen-bond acceptors (Lipinski definition) is 6. The zero-order valence-corrected chi connectivity index (χ0v) is 13.4. The van der Waals surface area contributed by atoms with Gasteiger partial charge in [0.15, 0.2) is 5.76 Å². The van der Waals surface area contributed by atoms with Crippen LogP contribution in [0.15, 0.2) is 64.0 Å². The van der Waals surface area contributed by atoms with Gasteiger partial charge in [0, 0.05) is 29.7 Å². The quantitative estimate of drug-likeness (QED) is 0.572. The van der Waals surface area contributed by atoms with Crippen molar-refractivity contribution in [2.24, 2.45) is 0 Å². The van der Waals surface area contributed by atoms with Gasteiger partial charge in [0.2, 0.25) is 5.82 Å². The van der Waals surface area contributed by atoms with E-state index in [-0.39, 0.29) is 11.7 Å². The van der Waals surface area contributed by atoms with E-state index >= 15 is 0 Å². The second-order valence-corrected chi connectivity index (χ2v) is 5.28. The molecule has 0 spiro atoms. The van der Waals surface area contributed by atoms with E-state index in [4.69, 9.17) is 8.94 Å². The first-order valence-corrected chi connectivity index (χ1v) is 7.74. The SMILES string of the molecule is O=C(Nc1cccc(-c2noc(/C=C/c3ncc[nH]3)n2)c1)c1ccco1. The Labute approximate surface area is 147 Å². The highest BCUT2D eigenvalue weighted by molar-refractivity contribution is 6.02. The molecule has 26 heavy (non-hydrogen) atoms. The van der Waals surface area contributed by atoms with Crippen LogP contribution in [0.5, 0.6) is 0 Å². The highest BCUT2D eigenvalue weighted by atomic mass is 16.5. The average molecular weight is 347 g/mol. The third kappa shape index (κ3) is 3.44. The van der Waals surface area contributed by atoms with Crippen LogP contribution in [0.4, 0.5) is 5.69 Å². The summed E-state index contributed by atoms with van der Waals surface area (Å²) in [7, 11) is 0. The standard InChI is InChI=1S/C18H13N5O3/c24-18(14-5-2-10-25-14)21-13-4-1-3-12(11-13)17-22-16(26-23-17)7-6-15-19-8-9-20-15/h1-11H,(H,19,20)(H,21,24)/b7-6+. The molecule has 0 aliphatic carbocycles. The summed E-state index contributed by atoms with van der Waals surface area (Å²) in [6, 6.07) is 10.4. The Morgan fingerprint density at radius 2 is 2.15 bits per heavy atom. The minimum Gasteiger partial charge on any atom is -0.459 e. The normalized spacial score (nSPS) is 11.1. The van der Waals surface area contributed by atoms with Gasteiger partial charge < -0.3 is 19.2 Å². The molecule has 2 N–H and O–H groups in total. The molecule has 8 heteroatoms. The maximum atomic E-state index is 12.1. The molecule has 0 fully saturated rings. The molecule has 0 atom stereocenters. The second-order valence-electron chi connectivity index (χ2n) is 5.28. The van der Waals surface area contributed by atoms with E-state index in [2.05, 4.69) is 25.4 Å². The number of aromatic nitrogens is 4. The summed E-state index contributed by atoms with van der Waals surface area (Å²) >= 11 is 0. The molecule has 0 bridgehead atoms. The van der Waals surface area contributed by atoms with Crippen molar-refractivity contribution < 1.29 is 13.7 Å². The van der Waals surface area contributed by atoms with Gasteiger partial charge >= 0.3 is 0 Å². The van der Waals surface area contributed by atoms with E-state index in [1.807, 2.05) is 6.07 Å². The fraction of sp³-hybridized carbons (Fsp3) is 0. The van der Waals surface area contributed by atoms with Gasteiger partial charge in [-0.2, -0.15) is 4.98 Å². The number of carbonyl (C=O) groups excluding carboxylic acids is 1. The summed E-state index contributed by atoms with van der Waals surface area (Å²) in [5, 5.41) is 6.72. The molecule has 4 aromatic rings. The van der Waals surface area contributed by atoms with Crippen molar-refractivity contribution >= 4 is 23.7 Å². The topological polar surface area (TPSA) is 110 Å². The predicted octanol–water partition coefficient (Wildman–Crippen LogP) is 3.48. The molecule has 0 saturated carbocycles. The highest BCUT2D eigenvalue weighted by Crippen LogP contribution is 2.21. The predicted molar refractivity (Wildman–Crippen MR) is 93.9 cm³/mol. The Balaban J connectivity index is 1.50. The number of nitrogens with zero attached hydrogens (tertiary/aromatic N) is 3. The van der Waals surface area contributed by atoms with Crippen LogP contribution in [0.2, 0.25) is 0 Å². The van der Waals surface area contributed by atoms with Gasteiger partial charge in [-0.25, -0.2) is 4.98 Å². The Kier molecular flexibility index (Phi) is 4.13. The maximum Gasteiger partial charge on any atom is 0.291 e. The van der Waals surface area contributed by atoms with Gasteiger partial charge in [0.05, 0.1) is 6.26 Å². The lowest BCUT2D eigenvalue weighted by atomic mass is 10.2. The van der Waals surface area contributed by atoms with Crippen molar-refractivity contribution in [3.05, 3.63) is 72.5 Å². The maximum absolute atomic E-state index is 12.1. The number of benzene rings is 1. The summed E-state index contributed by atoms with van der Waals surface area (Å²) in [6.45, 7) is 0. The number of aromatic amines is 1. The number of H-pyrrole nitrogens is 1. The van der Waals surface area contributed by atoms with Crippen LogP contribution in [-0.4, -0.2) is 26.0 Å². The van der Waals surface area contributed by atoms with Crippen LogP contribution in [-0.2, 0) is 0 Å². The van der Waals surface area contributed by atoms with Crippen LogP contribution in [0.3, 0.4) is 0 Å². The first-order valence-electron chi connectivity index (χ1n) is 7.74. The number of hydrogen-bond donors (Lipinski definition) is 2. The molecule has 128 valence electrons. The van der Waals surface area contributed by atoms with Crippen LogP contribution in [0, 0.1) is 0 Å². The molecule has 1 aromatic carbocycles. The lowest BCUT2D eigenvalue weighted by Crippen LogP contribution is -2.10. The first kappa shape index (κ1) is 15.6. The van der Waals surface area contributed by atoms with Crippen LogP contribution in [0.1, 0.15) is 22.3 Å². The molecule has 0 unspecified atom stereocenters. The fourth-order valence-electron chi connectivity index (χ4n) is 2.28. The van der Waals surface area contributed by atoms with E-state index in [0.29, 0.717) is 28.8 Å². The zero-order valence-electron chi connectivity index (χ0n) is 13.4. The number of anilines is 1. The zero-order chi connectivity index (χ0) is 17.8. The summed E-state index contributed by atoms with van der Waals surface area (Å²) in [5.41, 5.74) is 1.31. The summed E-state index contributed by atoms with van der Waals surface area (Å²) in [6.07, 6.45) is 8.22. The third-order valence-electron chi connectivity index (χ3n) is 3.47. The minimum atomic E-state index is -0.331. The van der Waals surface area contributed by atoms with E-state index in [1.165, 1.54) is 6.26 Å². The van der Waals surface area contributed by atoms with Crippen molar-refractivity contribution in [2.75, 3.05) is 5.32 Å². The second kappa shape index (κ2) is 6.89. The Bertz CT molecular complexity index is 1030. The molecule has 0 aliphatic heterocycles. The fourth-order valence-corrected chi connectivity index (χ4v) is 2.28. The number of furan rings is 1. The Hall–Kier alpha value is -3.94. The van der Waals surface area contributed by atoms with Gasteiger partial charge in [0.25, 0.3) is 11.8 Å². The monoisotopic (exact) mass is 347 g/mol. The average Bonchev–Trinajstić information content (AvgIpc) is 3.43. The molecule has 0 radical (unpaired) electrons. The van der Waals surface area contributed by atoms with Crippen LogP contribution < -0.4 is 5.32 Å². The van der Waals surface area contributed by atoms with E-state index < -0.39 is 0 Å². The lowest BCUT2D eigenvalue weighted by Gasteiger charge is -2.04. The van der Waals surface area contributed by atoms with Gasteiger partial charge in [-0.3, -0.25) is 4.79 Å². The van der Waals surface area contributed by atoms with E-state index in [1.54, 1.807) is 54.9 Å². The number of rotatable bonds is 5. The van der Waals surface area contributed by atoms with Crippen LogP contribution >= 0.6 is 0 Å². The van der Waals surface area contributed by atoms with Gasteiger partial charge in [-0.05, 0) is 30.3 Å². The van der Waals surface area contributed by atoms with Crippen molar-refractivity contribution in [3.63, 3.8) is 0 Å². The van der Waals surface area contributed by atoms with Crippen LogP contribution in [0.25, 0.3) is 23.5 Å². The molecular weight excluding hydrogens is 334 g/mol. The molecule has 3 heterocycles. The van der Waals surface area contributed by atoms with Crippen molar-refractivity contribution in [1.29, 1.82) is 0 Å². The Morgan fingerprint density at radius 3 is 2.96 bits per heavy atom. The lowest BCUT2D eigenvalue weighted by molar-refractivity contribution is 0.0996. The smallest absolute Gasteiger partial charge is 0.291 e.